The Hall–Kier alpha value is -2.15. The summed E-state index contributed by atoms with van der Waals surface area (Å²) in [7, 11) is 1.15. The minimum atomic E-state index is -0.296. The number of fused-ring (bicyclic) bond motifs is 1. The molecule has 2 aliphatic heterocycles. The number of nitrogens with two attached hydrogens (primary N) is 1. The third-order valence-corrected chi connectivity index (χ3v) is 6.11. The van der Waals surface area contributed by atoms with Gasteiger partial charge in [0.1, 0.15) is 0 Å². The summed E-state index contributed by atoms with van der Waals surface area (Å²) in [6, 6.07) is 16.2. The Morgan fingerprint density at radius 3 is 2.71 bits per heavy atom. The van der Waals surface area contributed by atoms with Crippen LogP contribution in [-0.2, 0) is 17.8 Å². The maximum Gasteiger partial charge on any atom is 0.310 e. The Bertz CT molecular complexity index is 836. The molecule has 6 heteroatoms. The van der Waals surface area contributed by atoms with E-state index in [0.29, 0.717) is 18.9 Å². The van der Waals surface area contributed by atoms with E-state index in [9.17, 15) is 9.82 Å². The van der Waals surface area contributed by atoms with E-state index in [0.717, 1.165) is 50.1 Å². The number of nitrogens with zero attached hydrogens (tertiary/aromatic N) is 1. The van der Waals surface area contributed by atoms with Crippen LogP contribution in [0.1, 0.15) is 47.0 Å². The van der Waals surface area contributed by atoms with Crippen LogP contribution < -0.4 is 11.1 Å². The molecule has 0 aromatic heterocycles. The van der Waals surface area contributed by atoms with Gasteiger partial charge in [-0.2, -0.15) is 0 Å². The van der Waals surface area contributed by atoms with Crippen LogP contribution in [0.25, 0.3) is 0 Å². The zero-order valence-electron chi connectivity index (χ0n) is 16.1. The van der Waals surface area contributed by atoms with Crippen LogP contribution in [0.2, 0.25) is 0 Å². The van der Waals surface area contributed by atoms with Crippen LogP contribution in [0, 0.1) is 0 Å². The molecule has 28 heavy (non-hydrogen) atoms. The molecule has 1 amide bonds. The lowest BCUT2D eigenvalue weighted by Crippen LogP contribution is -2.53. The number of nitrogens with one attached hydrogen (secondary N) is 1. The maximum atomic E-state index is 13.1. The molecule has 1 fully saturated rings. The van der Waals surface area contributed by atoms with Gasteiger partial charge >= 0.3 is 7.48 Å². The van der Waals surface area contributed by atoms with E-state index in [-0.39, 0.29) is 17.9 Å². The highest BCUT2D eigenvalue weighted by atomic mass is 16.2. The first-order valence-corrected chi connectivity index (χ1v) is 10.1. The molecule has 4 rings (SSSR count). The van der Waals surface area contributed by atoms with Gasteiger partial charge in [-0.1, -0.05) is 48.5 Å². The van der Waals surface area contributed by atoms with Crippen LogP contribution in [-0.4, -0.2) is 42.4 Å². The van der Waals surface area contributed by atoms with Crippen molar-refractivity contribution in [1.29, 1.82) is 0 Å². The summed E-state index contributed by atoms with van der Waals surface area (Å²) in [5.74, 6) is 0.320. The van der Waals surface area contributed by atoms with Crippen molar-refractivity contribution in [1.82, 2.24) is 10.2 Å². The van der Waals surface area contributed by atoms with Gasteiger partial charge < -0.3 is 21.0 Å². The van der Waals surface area contributed by atoms with Crippen LogP contribution in [0.4, 0.5) is 0 Å². The number of carbonyl (C=O) groups excluding carboxylic acids is 1. The standard InChI is InChI=1S/C22H27BN3O2/c24-14-15-4-3-6-17(12-15)16-8-10-26(11-9-16)22(27)20-13-18-5-1-2-7-19(18)21(23-28)25-20/h1-7,12,16,20-21,25,28H,8-11,13-14,24H2. The van der Waals surface area contributed by atoms with E-state index in [1.165, 1.54) is 5.56 Å². The summed E-state index contributed by atoms with van der Waals surface area (Å²) in [4.78, 5) is 15.1. The highest BCUT2D eigenvalue weighted by Crippen LogP contribution is 2.30. The molecule has 1 saturated heterocycles. The molecule has 2 aliphatic rings. The van der Waals surface area contributed by atoms with Crippen molar-refractivity contribution in [2.75, 3.05) is 13.1 Å². The monoisotopic (exact) mass is 376 g/mol. The van der Waals surface area contributed by atoms with Gasteiger partial charge in [0.25, 0.3) is 0 Å². The number of hydrogen-bond acceptors (Lipinski definition) is 4. The first-order valence-electron chi connectivity index (χ1n) is 10.1. The molecule has 2 heterocycles. The van der Waals surface area contributed by atoms with E-state index < -0.39 is 0 Å². The second kappa shape index (κ2) is 8.47. The summed E-state index contributed by atoms with van der Waals surface area (Å²) in [6.07, 6.45) is 2.61. The lowest BCUT2D eigenvalue weighted by molar-refractivity contribution is -0.134. The topological polar surface area (TPSA) is 78.6 Å². The fourth-order valence-corrected chi connectivity index (χ4v) is 4.52. The number of likely N-dealkylation sites (tertiary alicyclic amines) is 1. The van der Waals surface area contributed by atoms with Gasteiger partial charge in [0.05, 0.1) is 6.04 Å². The van der Waals surface area contributed by atoms with Gasteiger partial charge in [-0.05, 0) is 47.4 Å². The average Bonchev–Trinajstić information content (AvgIpc) is 2.78. The predicted octanol–water partition coefficient (Wildman–Crippen LogP) is 1.68. The third-order valence-electron chi connectivity index (χ3n) is 6.11. The Morgan fingerprint density at radius 2 is 1.96 bits per heavy atom. The smallest absolute Gasteiger partial charge is 0.310 e. The average molecular weight is 376 g/mol. The molecule has 1 radical (unpaired) electrons. The fraction of sp³-hybridized carbons (Fsp3) is 0.409. The van der Waals surface area contributed by atoms with Crippen LogP contribution in [0.5, 0.6) is 0 Å². The second-order valence-corrected chi connectivity index (χ2v) is 7.80. The van der Waals surface area contributed by atoms with Crippen molar-refractivity contribution in [2.24, 2.45) is 5.73 Å². The lowest BCUT2D eigenvalue weighted by atomic mass is 9.76. The minimum absolute atomic E-state index is 0.135. The Morgan fingerprint density at radius 1 is 1.18 bits per heavy atom. The minimum Gasteiger partial charge on any atom is -0.452 e. The van der Waals surface area contributed by atoms with Gasteiger partial charge in [-0.25, -0.2) is 0 Å². The Balaban J connectivity index is 1.40. The lowest BCUT2D eigenvalue weighted by Gasteiger charge is -2.37. The highest BCUT2D eigenvalue weighted by Gasteiger charge is 2.34. The molecule has 0 aliphatic carbocycles. The molecule has 2 unspecified atom stereocenters. The normalized spacial score (nSPS) is 22.6. The number of carbonyl (C=O) groups is 1. The number of benzene rings is 2. The molecule has 5 nitrogen and oxygen atoms in total. The Kier molecular flexibility index (Phi) is 5.81. The van der Waals surface area contributed by atoms with Crippen molar-refractivity contribution in [3.05, 3.63) is 70.8 Å². The van der Waals surface area contributed by atoms with Gasteiger partial charge in [-0.15, -0.1) is 0 Å². The first kappa shape index (κ1) is 19.2. The molecule has 2 aromatic rings. The molecule has 2 atom stereocenters. The van der Waals surface area contributed by atoms with Crippen molar-refractivity contribution in [3.63, 3.8) is 0 Å². The molecule has 2 aromatic carbocycles. The fourth-order valence-electron chi connectivity index (χ4n) is 4.52. The number of rotatable bonds is 4. The van der Waals surface area contributed by atoms with Crippen LogP contribution >= 0.6 is 0 Å². The van der Waals surface area contributed by atoms with Crippen molar-refractivity contribution in [3.8, 4) is 0 Å². The molecule has 0 saturated carbocycles. The van der Waals surface area contributed by atoms with Gasteiger partial charge in [0.2, 0.25) is 5.91 Å². The van der Waals surface area contributed by atoms with Gasteiger partial charge in [-0.3, -0.25) is 4.79 Å². The highest BCUT2D eigenvalue weighted by molar-refractivity contribution is 6.28. The third kappa shape index (κ3) is 3.85. The van der Waals surface area contributed by atoms with Crippen LogP contribution in [0.3, 0.4) is 0 Å². The molecule has 145 valence electrons. The van der Waals surface area contributed by atoms with E-state index in [1.54, 1.807) is 0 Å². The van der Waals surface area contributed by atoms with Crippen molar-refractivity contribution in [2.45, 2.75) is 43.7 Å². The van der Waals surface area contributed by atoms with Crippen LogP contribution in [0.15, 0.2) is 48.5 Å². The predicted molar refractivity (Wildman–Crippen MR) is 111 cm³/mol. The summed E-state index contributed by atoms with van der Waals surface area (Å²) in [6.45, 7) is 2.09. The van der Waals surface area contributed by atoms with Crippen molar-refractivity contribution >= 4 is 13.4 Å². The van der Waals surface area contributed by atoms with E-state index in [2.05, 4.69) is 29.6 Å². The molecular formula is C22H27BN3O2. The maximum absolute atomic E-state index is 13.1. The number of amides is 1. The summed E-state index contributed by atoms with van der Waals surface area (Å²) in [5, 5.41) is 12.9. The van der Waals surface area contributed by atoms with E-state index in [1.807, 2.05) is 29.2 Å². The quantitative estimate of drug-likeness (QED) is 0.710. The summed E-state index contributed by atoms with van der Waals surface area (Å²) < 4.78 is 0. The summed E-state index contributed by atoms with van der Waals surface area (Å²) >= 11 is 0. The molecule has 0 bridgehead atoms. The zero-order valence-corrected chi connectivity index (χ0v) is 16.1. The van der Waals surface area contributed by atoms with E-state index in [4.69, 9.17) is 5.73 Å². The van der Waals surface area contributed by atoms with E-state index >= 15 is 0 Å². The number of piperidine rings is 1. The Labute approximate surface area is 167 Å². The first-order chi connectivity index (χ1) is 13.7. The SMILES string of the molecule is NCc1cccc(C2CCN(C(=O)C3Cc4ccccc4C([B]O)N3)CC2)c1. The molecule has 4 N–H and O–H groups in total. The second-order valence-electron chi connectivity index (χ2n) is 7.80. The van der Waals surface area contributed by atoms with Crippen molar-refractivity contribution < 1.29 is 9.82 Å². The molecular weight excluding hydrogens is 349 g/mol. The largest absolute Gasteiger partial charge is 0.452 e. The number of hydrogen-bond donors (Lipinski definition) is 3. The zero-order chi connectivity index (χ0) is 19.5. The molecule has 0 spiro atoms. The summed E-state index contributed by atoms with van der Waals surface area (Å²) in [5.41, 5.74) is 10.4. The van der Waals surface area contributed by atoms with Gasteiger partial charge in [0, 0.05) is 25.6 Å². The van der Waals surface area contributed by atoms with Gasteiger partial charge in [0.15, 0.2) is 0 Å².